The Balaban J connectivity index is 2.14. The molecule has 0 saturated heterocycles. The zero-order chi connectivity index (χ0) is 16.4. The zero-order valence-electron chi connectivity index (χ0n) is 13.0. The summed E-state index contributed by atoms with van der Waals surface area (Å²) in [4.78, 5) is 12.9. The topological polar surface area (TPSA) is 76.5 Å². The molecule has 4 nitrogen and oxygen atoms in total. The molecule has 4 heteroatoms. The van der Waals surface area contributed by atoms with E-state index in [1.54, 1.807) is 30.3 Å². The molecule has 3 rings (SSSR count). The highest BCUT2D eigenvalue weighted by atomic mass is 16.3. The SMILES string of the molecule is CCCCc1oc2ccc(N)cc2c1C(=O)c1ccc(O)cc1. The first-order valence-corrected chi connectivity index (χ1v) is 7.74. The van der Waals surface area contributed by atoms with Gasteiger partial charge in [-0.2, -0.15) is 0 Å². The van der Waals surface area contributed by atoms with Crippen LogP contribution in [0.15, 0.2) is 46.9 Å². The first-order chi connectivity index (χ1) is 11.1. The van der Waals surface area contributed by atoms with E-state index in [4.69, 9.17) is 10.2 Å². The molecule has 3 N–H and O–H groups in total. The monoisotopic (exact) mass is 309 g/mol. The lowest BCUT2D eigenvalue weighted by Crippen LogP contribution is -2.04. The predicted molar refractivity (Wildman–Crippen MR) is 90.8 cm³/mol. The van der Waals surface area contributed by atoms with Crippen LogP contribution >= 0.6 is 0 Å². The Morgan fingerprint density at radius 1 is 1.17 bits per heavy atom. The quantitative estimate of drug-likeness (QED) is 0.544. The molecule has 0 aliphatic carbocycles. The van der Waals surface area contributed by atoms with E-state index in [-0.39, 0.29) is 11.5 Å². The number of nitrogens with two attached hydrogens (primary N) is 1. The Hall–Kier alpha value is -2.75. The van der Waals surface area contributed by atoms with Crippen molar-refractivity contribution in [2.45, 2.75) is 26.2 Å². The van der Waals surface area contributed by atoms with Crippen molar-refractivity contribution in [1.29, 1.82) is 0 Å². The van der Waals surface area contributed by atoms with Crippen molar-refractivity contribution in [3.63, 3.8) is 0 Å². The number of carbonyl (C=O) groups excluding carboxylic acids is 1. The van der Waals surface area contributed by atoms with Crippen molar-refractivity contribution in [2.24, 2.45) is 0 Å². The molecule has 118 valence electrons. The Morgan fingerprint density at radius 3 is 2.61 bits per heavy atom. The summed E-state index contributed by atoms with van der Waals surface area (Å²) >= 11 is 0. The van der Waals surface area contributed by atoms with E-state index in [0.29, 0.717) is 34.6 Å². The molecule has 0 atom stereocenters. The lowest BCUT2D eigenvalue weighted by Gasteiger charge is -2.03. The van der Waals surface area contributed by atoms with E-state index in [2.05, 4.69) is 6.92 Å². The number of aromatic hydroxyl groups is 1. The number of rotatable bonds is 5. The third-order valence-electron chi connectivity index (χ3n) is 3.90. The van der Waals surface area contributed by atoms with Crippen molar-refractivity contribution in [2.75, 3.05) is 5.73 Å². The molecule has 0 amide bonds. The average molecular weight is 309 g/mol. The van der Waals surface area contributed by atoms with Gasteiger partial charge in [0.15, 0.2) is 5.78 Å². The highest BCUT2D eigenvalue weighted by Crippen LogP contribution is 2.31. The summed E-state index contributed by atoms with van der Waals surface area (Å²) in [6.07, 6.45) is 2.68. The number of phenolic OH excluding ortho intramolecular Hbond substituents is 1. The second-order valence-corrected chi connectivity index (χ2v) is 5.64. The fourth-order valence-electron chi connectivity index (χ4n) is 2.69. The minimum Gasteiger partial charge on any atom is -0.508 e. The van der Waals surface area contributed by atoms with Crippen LogP contribution in [0, 0.1) is 0 Å². The van der Waals surface area contributed by atoms with Crippen molar-refractivity contribution < 1.29 is 14.3 Å². The van der Waals surface area contributed by atoms with Gasteiger partial charge in [-0.25, -0.2) is 0 Å². The molecule has 0 aliphatic rings. The van der Waals surface area contributed by atoms with Gasteiger partial charge in [0, 0.05) is 23.1 Å². The standard InChI is InChI=1S/C19H19NO3/c1-2-3-4-17-18(15-11-13(20)7-10-16(15)23-17)19(22)12-5-8-14(21)9-6-12/h5-11,21H,2-4,20H2,1H3. The van der Waals surface area contributed by atoms with Gasteiger partial charge in [0.1, 0.15) is 17.1 Å². The molecule has 0 spiro atoms. The molecule has 0 fully saturated rings. The predicted octanol–water partition coefficient (Wildman–Crippen LogP) is 4.29. The Kier molecular flexibility index (Phi) is 4.06. The van der Waals surface area contributed by atoms with Crippen LogP contribution in [-0.2, 0) is 6.42 Å². The first kappa shape index (κ1) is 15.2. The number of phenols is 1. The second kappa shape index (κ2) is 6.16. The Morgan fingerprint density at radius 2 is 1.91 bits per heavy atom. The molecule has 23 heavy (non-hydrogen) atoms. The summed E-state index contributed by atoms with van der Waals surface area (Å²) in [5.41, 5.74) is 8.24. The van der Waals surface area contributed by atoms with Gasteiger partial charge in [0.2, 0.25) is 0 Å². The molecule has 0 saturated carbocycles. The Labute approximate surface area is 134 Å². The average Bonchev–Trinajstić information content (AvgIpc) is 2.90. The van der Waals surface area contributed by atoms with Crippen LogP contribution in [0.4, 0.5) is 5.69 Å². The summed E-state index contributed by atoms with van der Waals surface area (Å²) in [5, 5.41) is 10.1. The van der Waals surface area contributed by atoms with Crippen molar-refractivity contribution in [3.8, 4) is 5.75 Å². The van der Waals surface area contributed by atoms with Crippen LogP contribution in [0.5, 0.6) is 5.75 Å². The highest BCUT2D eigenvalue weighted by molar-refractivity contribution is 6.17. The number of carbonyl (C=O) groups is 1. The number of nitrogen functional groups attached to an aromatic ring is 1. The maximum Gasteiger partial charge on any atom is 0.197 e. The molecule has 1 heterocycles. The van der Waals surface area contributed by atoms with Crippen LogP contribution in [0.1, 0.15) is 41.4 Å². The molecule has 0 unspecified atom stereocenters. The summed E-state index contributed by atoms with van der Waals surface area (Å²) in [7, 11) is 0. The zero-order valence-corrected chi connectivity index (χ0v) is 13.0. The van der Waals surface area contributed by atoms with E-state index in [1.165, 1.54) is 12.1 Å². The number of aryl methyl sites for hydroxylation is 1. The summed E-state index contributed by atoms with van der Waals surface area (Å²) in [6.45, 7) is 2.10. The summed E-state index contributed by atoms with van der Waals surface area (Å²) in [5.74, 6) is 0.722. The smallest absolute Gasteiger partial charge is 0.197 e. The number of hydrogen-bond donors (Lipinski definition) is 2. The van der Waals surface area contributed by atoms with Gasteiger partial charge in [0.25, 0.3) is 0 Å². The largest absolute Gasteiger partial charge is 0.508 e. The van der Waals surface area contributed by atoms with Gasteiger partial charge < -0.3 is 15.3 Å². The lowest BCUT2D eigenvalue weighted by atomic mass is 9.98. The number of fused-ring (bicyclic) bond motifs is 1. The second-order valence-electron chi connectivity index (χ2n) is 5.64. The van der Waals surface area contributed by atoms with E-state index in [0.717, 1.165) is 18.2 Å². The van der Waals surface area contributed by atoms with Crippen LogP contribution in [0.2, 0.25) is 0 Å². The number of anilines is 1. The van der Waals surface area contributed by atoms with E-state index >= 15 is 0 Å². The maximum atomic E-state index is 12.9. The number of unbranched alkanes of at least 4 members (excludes halogenated alkanes) is 1. The summed E-state index contributed by atoms with van der Waals surface area (Å²) < 4.78 is 5.90. The van der Waals surface area contributed by atoms with Crippen molar-refractivity contribution in [1.82, 2.24) is 0 Å². The van der Waals surface area contributed by atoms with Crippen molar-refractivity contribution >= 4 is 22.4 Å². The maximum absolute atomic E-state index is 12.9. The van der Waals surface area contributed by atoms with Gasteiger partial charge in [-0.15, -0.1) is 0 Å². The molecule has 1 aromatic heterocycles. The molecule has 3 aromatic rings. The van der Waals surface area contributed by atoms with Crippen LogP contribution in [0.3, 0.4) is 0 Å². The number of ketones is 1. The number of hydrogen-bond acceptors (Lipinski definition) is 4. The normalized spacial score (nSPS) is 11.0. The molecular weight excluding hydrogens is 290 g/mol. The molecule has 0 aliphatic heterocycles. The number of furan rings is 1. The van der Waals surface area contributed by atoms with Gasteiger partial charge in [0.05, 0.1) is 5.56 Å². The van der Waals surface area contributed by atoms with E-state index < -0.39 is 0 Å². The van der Waals surface area contributed by atoms with Crippen LogP contribution in [0.25, 0.3) is 11.0 Å². The molecular formula is C19H19NO3. The van der Waals surface area contributed by atoms with Crippen LogP contribution < -0.4 is 5.73 Å². The van der Waals surface area contributed by atoms with Gasteiger partial charge in [-0.1, -0.05) is 13.3 Å². The van der Waals surface area contributed by atoms with Gasteiger partial charge in [-0.3, -0.25) is 4.79 Å². The highest BCUT2D eigenvalue weighted by Gasteiger charge is 2.21. The fraction of sp³-hybridized carbons (Fsp3) is 0.211. The molecule has 0 bridgehead atoms. The third kappa shape index (κ3) is 2.93. The van der Waals surface area contributed by atoms with Crippen LogP contribution in [-0.4, -0.2) is 10.9 Å². The van der Waals surface area contributed by atoms with E-state index in [1.807, 2.05) is 0 Å². The Bertz CT molecular complexity index is 847. The first-order valence-electron chi connectivity index (χ1n) is 7.74. The molecule has 0 radical (unpaired) electrons. The third-order valence-corrected chi connectivity index (χ3v) is 3.90. The van der Waals surface area contributed by atoms with E-state index in [9.17, 15) is 9.90 Å². The lowest BCUT2D eigenvalue weighted by molar-refractivity contribution is 0.103. The fourth-order valence-corrected chi connectivity index (χ4v) is 2.69. The molecule has 2 aromatic carbocycles. The minimum atomic E-state index is -0.111. The number of benzene rings is 2. The summed E-state index contributed by atoms with van der Waals surface area (Å²) in [6, 6.07) is 11.6. The minimum absolute atomic E-state index is 0.111. The van der Waals surface area contributed by atoms with Crippen molar-refractivity contribution in [3.05, 3.63) is 59.4 Å². The van der Waals surface area contributed by atoms with Gasteiger partial charge in [-0.05, 0) is 48.9 Å². The van der Waals surface area contributed by atoms with Gasteiger partial charge >= 0.3 is 0 Å².